The van der Waals surface area contributed by atoms with E-state index in [1.807, 2.05) is 96.2 Å². The van der Waals surface area contributed by atoms with Gasteiger partial charge in [0.05, 0.1) is 29.2 Å². The number of alkyl halides is 1. The Morgan fingerprint density at radius 2 is 1.75 bits per heavy atom. The zero-order valence-corrected chi connectivity index (χ0v) is 29.5. The maximum absolute atomic E-state index is 13.5. The van der Waals surface area contributed by atoms with Gasteiger partial charge in [-0.15, -0.1) is 0 Å². The highest BCUT2D eigenvalue weighted by Gasteiger charge is 2.33. The summed E-state index contributed by atoms with van der Waals surface area (Å²) in [5.74, 6) is 1.67. The van der Waals surface area contributed by atoms with Crippen LogP contribution in [-0.4, -0.2) is 58.4 Å². The molecule has 1 aliphatic rings. The molecule has 0 radical (unpaired) electrons. The van der Waals surface area contributed by atoms with Crippen LogP contribution in [0.4, 0.5) is 16.3 Å². The number of ketones is 1. The Morgan fingerprint density at radius 1 is 1.02 bits per heavy atom. The number of pyridine rings is 1. The van der Waals surface area contributed by atoms with E-state index in [4.69, 9.17) is 20.7 Å². The van der Waals surface area contributed by atoms with Gasteiger partial charge in [0.25, 0.3) is 0 Å². The van der Waals surface area contributed by atoms with Crippen LogP contribution in [0.1, 0.15) is 38.1 Å². The van der Waals surface area contributed by atoms with E-state index in [0.29, 0.717) is 46.8 Å². The van der Waals surface area contributed by atoms with Crippen molar-refractivity contribution in [3.05, 3.63) is 102 Å². The van der Waals surface area contributed by atoms with Gasteiger partial charge in [-0.1, -0.05) is 71.5 Å². The first-order chi connectivity index (χ1) is 23.7. The summed E-state index contributed by atoms with van der Waals surface area (Å²) in [5.41, 5.74) is 3.98. The molecule has 1 aliphatic heterocycles. The Labute approximate surface area is 295 Å². The first-order valence-corrected chi connectivity index (χ1v) is 17.1. The van der Waals surface area contributed by atoms with E-state index in [2.05, 4.69) is 22.5 Å². The molecule has 2 aromatic heterocycles. The van der Waals surface area contributed by atoms with Crippen LogP contribution in [0, 0.1) is 6.92 Å². The Bertz CT molecular complexity index is 1890. The van der Waals surface area contributed by atoms with Crippen LogP contribution in [0.25, 0.3) is 16.5 Å². The molecule has 3 heterocycles. The quantitative estimate of drug-likeness (QED) is 0.109. The van der Waals surface area contributed by atoms with E-state index in [1.165, 1.54) is 7.11 Å². The molecule has 250 valence electrons. The van der Waals surface area contributed by atoms with E-state index in [1.54, 1.807) is 23.0 Å². The highest BCUT2D eigenvalue weighted by molar-refractivity contribution is 14.1. The molecular formula is C37H40IN5O5. The molecule has 0 spiro atoms. The number of carbonyl (C=O) groups excluding carboxylic acids is 2. The molecule has 0 aliphatic carbocycles. The minimum atomic E-state index is -0.393. The number of Topliss-reactive ketones (excluding diaryl/α,β-unsaturated/α-hetero) is 1. The van der Waals surface area contributed by atoms with Crippen LogP contribution in [-0.2, 0) is 26.1 Å². The minimum absolute atomic E-state index is 0.0315. The smallest absolute Gasteiger partial charge is 0.324 e. The maximum atomic E-state index is 13.5. The molecule has 6 rings (SSSR count). The van der Waals surface area contributed by atoms with Crippen molar-refractivity contribution in [2.75, 3.05) is 42.5 Å². The highest BCUT2D eigenvalue weighted by Crippen LogP contribution is 2.37. The van der Waals surface area contributed by atoms with Crippen molar-refractivity contribution in [3.63, 3.8) is 0 Å². The third-order valence-electron chi connectivity index (χ3n) is 8.28. The van der Waals surface area contributed by atoms with Crippen LogP contribution in [0.2, 0.25) is 0 Å². The first-order valence-electron chi connectivity index (χ1n) is 16.3. The fraction of sp³-hybridized carbons (Fsp3) is 0.297. The average molecular weight is 763 g/mol. The number of methoxy groups -OCH3 is 1. The fourth-order valence-corrected chi connectivity index (χ4v) is 5.62. The standard InChI is InChI=1S/C36H37N5O5.CH3I/c1-24-8-10-26(11-9-24)41-34(22-33(40-41)36(2)15-18-45-19-16-36)39-35(43)38-31-12-13-32(30-7-5-4-6-29(30)31)46-28-14-17-37-25(21-28)20-27(42)23-44-3;1-2/h4-14,17,21-22H,15-16,18-20,23H2,1-3H3,(H2,38,39,43);1H3/i;1D. The lowest BCUT2D eigenvalue weighted by atomic mass is 9.79. The maximum Gasteiger partial charge on any atom is 0.324 e. The third kappa shape index (κ3) is 8.38. The molecule has 1 fully saturated rings. The number of hydrogen-bond donors (Lipinski definition) is 2. The summed E-state index contributed by atoms with van der Waals surface area (Å²) in [6.07, 6.45) is 3.48. The number of carbonyl (C=O) groups is 2. The van der Waals surface area contributed by atoms with Crippen molar-refractivity contribution in [1.82, 2.24) is 14.8 Å². The summed E-state index contributed by atoms with van der Waals surface area (Å²) in [6.45, 7) is 5.63. The number of nitrogens with one attached hydrogen (secondary N) is 2. The summed E-state index contributed by atoms with van der Waals surface area (Å²) in [5, 5.41) is 12.7. The van der Waals surface area contributed by atoms with Crippen LogP contribution >= 0.6 is 22.6 Å². The molecule has 10 nitrogen and oxygen atoms in total. The number of hydrogen-bond acceptors (Lipinski definition) is 7. The molecular weight excluding hydrogens is 721 g/mol. The van der Waals surface area contributed by atoms with Crippen LogP contribution in [0.15, 0.2) is 85.1 Å². The lowest BCUT2D eigenvalue weighted by Crippen LogP contribution is -2.31. The number of ether oxygens (including phenoxy) is 3. The first kappa shape index (κ1) is 33.6. The Kier molecular flexibility index (Phi) is 11.3. The van der Waals surface area contributed by atoms with E-state index in [-0.39, 0.29) is 24.2 Å². The molecule has 11 heteroatoms. The number of aryl methyl sites for hydroxylation is 1. The van der Waals surface area contributed by atoms with Crippen molar-refractivity contribution < 1.29 is 25.2 Å². The SMILES string of the molecule is COCC(=O)Cc1cc(Oc2ccc(NC(=O)Nc3cc(C4(C)CCOCC4)nn3-c3ccc(C)cc3)c3ccccc23)ccn1.[2H]CI. The third-order valence-corrected chi connectivity index (χ3v) is 8.28. The Balaban J connectivity index is 0.00000151. The second-order valence-electron chi connectivity index (χ2n) is 11.8. The second-order valence-corrected chi connectivity index (χ2v) is 11.8. The summed E-state index contributed by atoms with van der Waals surface area (Å²) in [7, 11) is 1.49. The number of amides is 2. The topological polar surface area (TPSA) is 117 Å². The summed E-state index contributed by atoms with van der Waals surface area (Å²) in [6, 6.07) is 24.4. The highest BCUT2D eigenvalue weighted by atomic mass is 127. The van der Waals surface area contributed by atoms with Crippen molar-refractivity contribution >= 4 is 56.7 Å². The van der Waals surface area contributed by atoms with Crippen LogP contribution in [0.3, 0.4) is 0 Å². The molecule has 1 saturated heterocycles. The Hall–Kier alpha value is -4.33. The second kappa shape index (κ2) is 16.2. The fourth-order valence-electron chi connectivity index (χ4n) is 5.62. The van der Waals surface area contributed by atoms with Gasteiger partial charge in [-0.25, -0.2) is 9.48 Å². The number of aromatic nitrogens is 3. The van der Waals surface area contributed by atoms with Gasteiger partial charge in [0.1, 0.15) is 23.9 Å². The summed E-state index contributed by atoms with van der Waals surface area (Å²) < 4.78 is 24.8. The number of anilines is 2. The molecule has 0 saturated carbocycles. The Morgan fingerprint density at radius 3 is 2.48 bits per heavy atom. The molecule has 5 aromatic rings. The van der Waals surface area contributed by atoms with E-state index in [9.17, 15) is 9.59 Å². The van der Waals surface area contributed by atoms with Crippen molar-refractivity contribution in [3.8, 4) is 17.2 Å². The molecule has 48 heavy (non-hydrogen) atoms. The molecule has 2 amide bonds. The van der Waals surface area contributed by atoms with Crippen molar-refractivity contribution in [2.24, 2.45) is 0 Å². The van der Waals surface area contributed by atoms with Gasteiger partial charge < -0.3 is 19.5 Å². The lowest BCUT2D eigenvalue weighted by Gasteiger charge is -2.31. The number of halogens is 1. The number of nitrogens with zero attached hydrogens (tertiary/aromatic N) is 3. The van der Waals surface area contributed by atoms with Crippen molar-refractivity contribution in [2.45, 2.75) is 38.5 Å². The number of fused-ring (bicyclic) bond motifs is 1. The van der Waals surface area contributed by atoms with E-state index < -0.39 is 6.03 Å². The molecule has 2 N–H and O–H groups in total. The lowest BCUT2D eigenvalue weighted by molar-refractivity contribution is -0.122. The van der Waals surface area contributed by atoms with Crippen LogP contribution in [0.5, 0.6) is 11.5 Å². The number of urea groups is 1. The van der Waals surface area contributed by atoms with Gasteiger partial charge in [0.2, 0.25) is 0 Å². The van der Waals surface area contributed by atoms with Gasteiger partial charge in [0, 0.05) is 56.2 Å². The predicted molar refractivity (Wildman–Crippen MR) is 197 cm³/mol. The van der Waals surface area contributed by atoms with E-state index >= 15 is 0 Å². The van der Waals surface area contributed by atoms with Gasteiger partial charge >= 0.3 is 6.03 Å². The normalized spacial score (nSPS) is 14.0. The van der Waals surface area contributed by atoms with Gasteiger partial charge in [0.15, 0.2) is 5.78 Å². The number of rotatable bonds is 10. The van der Waals surface area contributed by atoms with Crippen LogP contribution < -0.4 is 15.4 Å². The van der Waals surface area contributed by atoms with Crippen molar-refractivity contribution in [1.29, 1.82) is 0 Å². The zero-order chi connectivity index (χ0) is 34.8. The average Bonchev–Trinajstić information content (AvgIpc) is 3.51. The largest absolute Gasteiger partial charge is 0.457 e. The molecule has 0 unspecified atom stereocenters. The zero-order valence-electron chi connectivity index (χ0n) is 28.3. The summed E-state index contributed by atoms with van der Waals surface area (Å²) >= 11 is 1.96. The van der Waals surface area contributed by atoms with E-state index in [0.717, 1.165) is 40.6 Å². The predicted octanol–water partition coefficient (Wildman–Crippen LogP) is 8.04. The number of benzene rings is 3. The minimum Gasteiger partial charge on any atom is -0.457 e. The van der Waals surface area contributed by atoms with Gasteiger partial charge in [-0.2, -0.15) is 5.10 Å². The van der Waals surface area contributed by atoms with Gasteiger partial charge in [-0.3, -0.25) is 15.1 Å². The monoisotopic (exact) mass is 762 g/mol. The van der Waals surface area contributed by atoms with Gasteiger partial charge in [-0.05, 0) is 55.0 Å². The summed E-state index contributed by atoms with van der Waals surface area (Å²) in [4.78, 5) is 30.3. The molecule has 0 bridgehead atoms. The molecule has 3 aromatic carbocycles. The molecule has 0 atom stereocenters.